The Bertz CT molecular complexity index is 1320. The molecule has 144 valence electrons. The predicted octanol–water partition coefficient (Wildman–Crippen LogP) is 5.33. The van der Waals surface area contributed by atoms with Gasteiger partial charge in [-0.25, -0.2) is 15.0 Å². The summed E-state index contributed by atoms with van der Waals surface area (Å²) in [6, 6.07) is 36.1. The third kappa shape index (κ3) is 4.14. The Balaban J connectivity index is 1.61. The molecule has 2 radical (unpaired) electrons. The molecule has 0 N–H and O–H groups in total. The summed E-state index contributed by atoms with van der Waals surface area (Å²) in [6.45, 7) is 0. The quantitative estimate of drug-likeness (QED) is 0.386. The molecule has 1 aromatic heterocycles. The standard InChI is InChI=1S/C27H18BN3/c28-24-13-7-12-23(18-24)27-30-25(21-10-5-2-6-11-21)29-26(31-27)22-16-14-20(15-17-22)19-8-3-1-4-9-19/h1-18H. The normalized spacial score (nSPS) is 10.7. The highest BCUT2D eigenvalue weighted by molar-refractivity contribution is 6.32. The first-order chi connectivity index (χ1) is 15.3. The molecule has 1 heterocycles. The minimum absolute atomic E-state index is 0.600. The summed E-state index contributed by atoms with van der Waals surface area (Å²) in [7, 11) is 6.00. The van der Waals surface area contributed by atoms with Gasteiger partial charge in [0.2, 0.25) is 0 Å². The van der Waals surface area contributed by atoms with Gasteiger partial charge in [0.25, 0.3) is 0 Å². The number of benzene rings is 4. The maximum atomic E-state index is 6.00. The first-order valence-corrected chi connectivity index (χ1v) is 10.1. The molecule has 0 spiro atoms. The van der Waals surface area contributed by atoms with E-state index in [1.165, 1.54) is 5.56 Å². The van der Waals surface area contributed by atoms with Crippen molar-refractivity contribution in [3.05, 3.63) is 109 Å². The largest absolute Gasteiger partial charge is 0.208 e. The average molecular weight is 395 g/mol. The van der Waals surface area contributed by atoms with Gasteiger partial charge < -0.3 is 0 Å². The molecule has 5 aromatic rings. The fourth-order valence-electron chi connectivity index (χ4n) is 3.47. The van der Waals surface area contributed by atoms with E-state index in [2.05, 4.69) is 36.4 Å². The Morgan fingerprint density at radius 3 is 1.39 bits per heavy atom. The SMILES string of the molecule is [B]c1cccc(-c2nc(-c3ccccc3)nc(-c3ccc(-c4ccccc4)cc3)n2)c1. The zero-order valence-electron chi connectivity index (χ0n) is 16.8. The van der Waals surface area contributed by atoms with Crippen LogP contribution in [0, 0.1) is 0 Å². The van der Waals surface area contributed by atoms with Crippen LogP contribution in [0.1, 0.15) is 0 Å². The van der Waals surface area contributed by atoms with Gasteiger partial charge in [-0.2, -0.15) is 0 Å². The van der Waals surface area contributed by atoms with Gasteiger partial charge in [-0.3, -0.25) is 0 Å². The van der Waals surface area contributed by atoms with E-state index in [-0.39, 0.29) is 0 Å². The lowest BCUT2D eigenvalue weighted by molar-refractivity contribution is 1.07. The lowest BCUT2D eigenvalue weighted by Gasteiger charge is -2.09. The highest BCUT2D eigenvalue weighted by Crippen LogP contribution is 2.26. The number of nitrogens with zero attached hydrogens (tertiary/aromatic N) is 3. The van der Waals surface area contributed by atoms with Gasteiger partial charge in [0.1, 0.15) is 7.85 Å². The summed E-state index contributed by atoms with van der Waals surface area (Å²) >= 11 is 0. The van der Waals surface area contributed by atoms with E-state index in [4.69, 9.17) is 22.8 Å². The lowest BCUT2D eigenvalue weighted by atomic mass is 9.94. The molecular weight excluding hydrogens is 377 g/mol. The minimum Gasteiger partial charge on any atom is -0.208 e. The van der Waals surface area contributed by atoms with Crippen molar-refractivity contribution in [3.63, 3.8) is 0 Å². The minimum atomic E-state index is 0.600. The molecule has 5 rings (SSSR count). The van der Waals surface area contributed by atoms with Crippen LogP contribution < -0.4 is 5.46 Å². The van der Waals surface area contributed by atoms with Crippen molar-refractivity contribution in [2.24, 2.45) is 0 Å². The topological polar surface area (TPSA) is 38.7 Å². The summed E-state index contributed by atoms with van der Waals surface area (Å²) in [5, 5.41) is 0. The van der Waals surface area contributed by atoms with Crippen LogP contribution in [0.2, 0.25) is 0 Å². The van der Waals surface area contributed by atoms with Crippen molar-refractivity contribution in [3.8, 4) is 45.3 Å². The van der Waals surface area contributed by atoms with Crippen molar-refractivity contribution in [2.45, 2.75) is 0 Å². The molecular formula is C27H18BN3. The molecule has 3 nitrogen and oxygen atoms in total. The van der Waals surface area contributed by atoms with Gasteiger partial charge in [-0.05, 0) is 11.1 Å². The zero-order chi connectivity index (χ0) is 21.0. The molecule has 0 bridgehead atoms. The van der Waals surface area contributed by atoms with E-state index in [1.54, 1.807) is 0 Å². The fourth-order valence-corrected chi connectivity index (χ4v) is 3.47. The van der Waals surface area contributed by atoms with Gasteiger partial charge in [0.05, 0.1) is 0 Å². The Morgan fingerprint density at radius 1 is 0.387 bits per heavy atom. The van der Waals surface area contributed by atoms with Crippen LogP contribution in [0.5, 0.6) is 0 Å². The fraction of sp³-hybridized carbons (Fsp3) is 0. The van der Waals surface area contributed by atoms with Crippen LogP contribution in [-0.4, -0.2) is 22.8 Å². The zero-order valence-corrected chi connectivity index (χ0v) is 16.8. The van der Waals surface area contributed by atoms with Gasteiger partial charge in [-0.15, -0.1) is 0 Å². The van der Waals surface area contributed by atoms with E-state index in [0.29, 0.717) is 22.9 Å². The summed E-state index contributed by atoms with van der Waals surface area (Å²) in [6.07, 6.45) is 0. The van der Waals surface area contributed by atoms with Crippen molar-refractivity contribution in [1.82, 2.24) is 15.0 Å². The van der Waals surface area contributed by atoms with Crippen LogP contribution in [0.15, 0.2) is 109 Å². The molecule has 0 amide bonds. The first-order valence-electron chi connectivity index (χ1n) is 10.1. The van der Waals surface area contributed by atoms with Crippen molar-refractivity contribution in [2.75, 3.05) is 0 Å². The third-order valence-corrected chi connectivity index (χ3v) is 5.06. The Labute approximate surface area is 182 Å². The Kier molecular flexibility index (Phi) is 5.11. The van der Waals surface area contributed by atoms with E-state index in [9.17, 15) is 0 Å². The summed E-state index contributed by atoms with van der Waals surface area (Å²) in [5.74, 6) is 1.87. The predicted molar refractivity (Wildman–Crippen MR) is 127 cm³/mol. The second kappa shape index (κ2) is 8.37. The second-order valence-corrected chi connectivity index (χ2v) is 7.24. The van der Waals surface area contributed by atoms with Gasteiger partial charge in [0.15, 0.2) is 17.5 Å². The van der Waals surface area contributed by atoms with Gasteiger partial charge in [0, 0.05) is 16.7 Å². The molecule has 0 atom stereocenters. The summed E-state index contributed by atoms with van der Waals surface area (Å²) in [4.78, 5) is 14.3. The van der Waals surface area contributed by atoms with Crippen LogP contribution >= 0.6 is 0 Å². The van der Waals surface area contributed by atoms with Crippen LogP contribution in [0.3, 0.4) is 0 Å². The number of rotatable bonds is 4. The monoisotopic (exact) mass is 395 g/mol. The van der Waals surface area contributed by atoms with Crippen molar-refractivity contribution >= 4 is 13.3 Å². The van der Waals surface area contributed by atoms with E-state index >= 15 is 0 Å². The van der Waals surface area contributed by atoms with E-state index in [0.717, 1.165) is 22.3 Å². The van der Waals surface area contributed by atoms with E-state index in [1.807, 2.05) is 72.8 Å². The molecule has 4 heteroatoms. The van der Waals surface area contributed by atoms with Crippen molar-refractivity contribution < 1.29 is 0 Å². The molecule has 0 aliphatic carbocycles. The van der Waals surface area contributed by atoms with E-state index < -0.39 is 0 Å². The summed E-state index contributed by atoms with van der Waals surface area (Å²) in [5.41, 5.74) is 5.74. The molecule has 0 aliphatic heterocycles. The summed E-state index contributed by atoms with van der Waals surface area (Å²) < 4.78 is 0. The number of hydrogen-bond acceptors (Lipinski definition) is 3. The Hall–Kier alpha value is -4.05. The molecule has 4 aromatic carbocycles. The molecule has 31 heavy (non-hydrogen) atoms. The number of aromatic nitrogens is 3. The molecule has 0 saturated heterocycles. The van der Waals surface area contributed by atoms with Gasteiger partial charge in [-0.1, -0.05) is 115 Å². The highest BCUT2D eigenvalue weighted by Gasteiger charge is 2.12. The highest BCUT2D eigenvalue weighted by atomic mass is 15.0. The second-order valence-electron chi connectivity index (χ2n) is 7.24. The molecule has 0 aliphatic rings. The van der Waals surface area contributed by atoms with Gasteiger partial charge >= 0.3 is 0 Å². The Morgan fingerprint density at radius 2 is 0.806 bits per heavy atom. The first kappa shape index (κ1) is 19.0. The smallest absolute Gasteiger partial charge is 0.164 e. The molecule has 0 unspecified atom stereocenters. The molecule has 0 saturated carbocycles. The van der Waals surface area contributed by atoms with Crippen LogP contribution in [0.25, 0.3) is 45.3 Å². The maximum Gasteiger partial charge on any atom is 0.164 e. The molecule has 0 fully saturated rings. The lowest BCUT2D eigenvalue weighted by Crippen LogP contribution is -2.04. The van der Waals surface area contributed by atoms with Crippen LogP contribution in [-0.2, 0) is 0 Å². The number of hydrogen-bond donors (Lipinski definition) is 0. The van der Waals surface area contributed by atoms with Crippen LogP contribution in [0.4, 0.5) is 0 Å². The maximum absolute atomic E-state index is 6.00. The average Bonchev–Trinajstić information content (AvgIpc) is 2.85. The van der Waals surface area contributed by atoms with Crippen molar-refractivity contribution in [1.29, 1.82) is 0 Å². The third-order valence-electron chi connectivity index (χ3n) is 5.06.